The fraction of sp³-hybridized carbons (Fsp3) is 0.579. The topological polar surface area (TPSA) is 115 Å². The minimum absolute atomic E-state index is 0.109. The van der Waals surface area contributed by atoms with E-state index in [1.807, 2.05) is 0 Å². The molecular weight excluding hydrogens is 356 g/mol. The normalized spacial score (nSPS) is 42.1. The molecule has 8 heteroatoms. The maximum atomic E-state index is 12.3. The van der Waals surface area contributed by atoms with Gasteiger partial charge < -0.3 is 29.2 Å². The molecule has 8 nitrogen and oxygen atoms in total. The van der Waals surface area contributed by atoms with Crippen LogP contribution in [0.25, 0.3) is 0 Å². The molecule has 5 aliphatic rings. The van der Waals surface area contributed by atoms with Crippen LogP contribution >= 0.6 is 0 Å². The van der Waals surface area contributed by atoms with Crippen LogP contribution < -0.4 is 0 Å². The number of rotatable bonds is 3. The van der Waals surface area contributed by atoms with Crippen LogP contribution in [0.15, 0.2) is 36.0 Å². The Morgan fingerprint density at radius 3 is 2.96 bits per heavy atom. The van der Waals surface area contributed by atoms with Crippen molar-refractivity contribution in [1.29, 1.82) is 0 Å². The summed E-state index contributed by atoms with van der Waals surface area (Å²) in [4.78, 5) is 24.4. The van der Waals surface area contributed by atoms with E-state index in [1.165, 1.54) is 0 Å². The molecule has 2 bridgehead atoms. The van der Waals surface area contributed by atoms with Gasteiger partial charge >= 0.3 is 11.9 Å². The van der Waals surface area contributed by atoms with Crippen LogP contribution in [0, 0.1) is 5.92 Å². The summed E-state index contributed by atoms with van der Waals surface area (Å²) in [6, 6.07) is 0. The Hall–Kier alpha value is -2.00. The second-order valence-electron chi connectivity index (χ2n) is 7.42. The highest BCUT2D eigenvalue weighted by atomic mass is 16.7. The monoisotopic (exact) mass is 378 g/mol. The molecule has 4 heterocycles. The van der Waals surface area contributed by atoms with Crippen LogP contribution in [0.4, 0.5) is 0 Å². The molecule has 0 amide bonds. The Morgan fingerprint density at radius 2 is 2.22 bits per heavy atom. The number of carbonyl (C=O) groups is 2. The van der Waals surface area contributed by atoms with Crippen LogP contribution in [-0.4, -0.2) is 65.6 Å². The van der Waals surface area contributed by atoms with Gasteiger partial charge in [0.2, 0.25) is 0 Å². The number of aliphatic hydroxyl groups excluding tert-OH is 2. The van der Waals surface area contributed by atoms with Crippen LogP contribution in [0.3, 0.4) is 0 Å². The largest absolute Gasteiger partial charge is 0.458 e. The number of hydrogen-bond acceptors (Lipinski definition) is 8. The summed E-state index contributed by atoms with van der Waals surface area (Å²) in [5.74, 6) is -1.95. The molecule has 0 aromatic carbocycles. The minimum atomic E-state index is -1.18. The van der Waals surface area contributed by atoms with Crippen LogP contribution in [0.1, 0.15) is 19.3 Å². The molecule has 146 valence electrons. The van der Waals surface area contributed by atoms with Gasteiger partial charge in [-0.3, -0.25) is 0 Å². The maximum absolute atomic E-state index is 12.3. The Kier molecular flexibility index (Phi) is 4.46. The summed E-state index contributed by atoms with van der Waals surface area (Å²) in [5.41, 5.74) is -0.0403. The Bertz CT molecular complexity index is 740. The lowest BCUT2D eigenvalue weighted by molar-refractivity contribution is -0.163. The van der Waals surface area contributed by atoms with Crippen LogP contribution in [0.2, 0.25) is 0 Å². The van der Waals surface area contributed by atoms with E-state index >= 15 is 0 Å². The average molecular weight is 378 g/mol. The Morgan fingerprint density at radius 1 is 1.44 bits per heavy atom. The minimum Gasteiger partial charge on any atom is -0.458 e. The summed E-state index contributed by atoms with van der Waals surface area (Å²) >= 11 is 0. The van der Waals surface area contributed by atoms with Gasteiger partial charge in [-0.1, -0.05) is 13.2 Å². The van der Waals surface area contributed by atoms with Crippen molar-refractivity contribution >= 4 is 11.9 Å². The average Bonchev–Trinajstić information content (AvgIpc) is 3.26. The van der Waals surface area contributed by atoms with E-state index < -0.39 is 48.6 Å². The van der Waals surface area contributed by atoms with E-state index in [9.17, 15) is 14.7 Å². The number of ether oxygens (including phenoxy) is 4. The summed E-state index contributed by atoms with van der Waals surface area (Å²) < 4.78 is 22.4. The van der Waals surface area contributed by atoms with Gasteiger partial charge in [0.05, 0.1) is 30.8 Å². The quantitative estimate of drug-likeness (QED) is 0.308. The van der Waals surface area contributed by atoms with Gasteiger partial charge in [0.1, 0.15) is 17.8 Å². The predicted molar refractivity (Wildman–Crippen MR) is 90.1 cm³/mol. The van der Waals surface area contributed by atoms with Crippen LogP contribution in [0.5, 0.6) is 0 Å². The number of aliphatic hydroxyl groups is 2. The van der Waals surface area contributed by atoms with Gasteiger partial charge in [-0.25, -0.2) is 9.59 Å². The molecule has 0 saturated carbocycles. The molecular formula is C19H22O8. The molecule has 1 aliphatic carbocycles. The summed E-state index contributed by atoms with van der Waals surface area (Å²) in [7, 11) is 0. The van der Waals surface area contributed by atoms with Gasteiger partial charge in [-0.05, 0) is 24.5 Å². The van der Waals surface area contributed by atoms with E-state index in [0.717, 1.165) is 5.57 Å². The predicted octanol–water partition coefficient (Wildman–Crippen LogP) is 0.141. The van der Waals surface area contributed by atoms with E-state index in [1.54, 1.807) is 6.08 Å². The van der Waals surface area contributed by atoms with Crippen molar-refractivity contribution in [3.8, 4) is 0 Å². The van der Waals surface area contributed by atoms with E-state index in [4.69, 9.17) is 24.1 Å². The third kappa shape index (κ3) is 3.02. The Labute approximate surface area is 156 Å². The first-order valence-corrected chi connectivity index (χ1v) is 8.92. The maximum Gasteiger partial charge on any atom is 0.336 e. The van der Waals surface area contributed by atoms with E-state index in [2.05, 4.69) is 13.2 Å². The standard InChI is InChI=1S/C19H22O8/c1-9(7-20)16(21)26-13-6-19-14(27-19)4-3-11(8-24-18(19)23)5-12-15(13)10(2)17(22)25-12/h5,12-15,18,20,23H,1-4,6-8H2/b11-5+/t12-,13+,14-,15+,18+,19+/m1/s1. The zero-order valence-electron chi connectivity index (χ0n) is 14.8. The first-order chi connectivity index (χ1) is 12.9. The second-order valence-corrected chi connectivity index (χ2v) is 7.42. The first kappa shape index (κ1) is 18.4. The number of carbonyl (C=O) groups excluding carboxylic acids is 2. The van der Waals surface area contributed by atoms with E-state index in [-0.39, 0.29) is 30.3 Å². The molecule has 0 aromatic heterocycles. The molecule has 3 fully saturated rings. The van der Waals surface area contributed by atoms with Crippen molar-refractivity contribution in [3.63, 3.8) is 0 Å². The van der Waals surface area contributed by atoms with Crippen LogP contribution in [-0.2, 0) is 28.5 Å². The summed E-state index contributed by atoms with van der Waals surface area (Å²) in [6.07, 6.45) is 0.352. The first-order valence-electron chi connectivity index (χ1n) is 8.92. The fourth-order valence-electron chi connectivity index (χ4n) is 4.13. The lowest BCUT2D eigenvalue weighted by Crippen LogP contribution is -2.45. The van der Waals surface area contributed by atoms with Gasteiger partial charge in [0.15, 0.2) is 6.29 Å². The smallest absolute Gasteiger partial charge is 0.336 e. The van der Waals surface area contributed by atoms with Gasteiger partial charge in [-0.2, -0.15) is 0 Å². The lowest BCUT2D eigenvalue weighted by atomic mass is 9.81. The molecule has 0 unspecified atom stereocenters. The van der Waals surface area contributed by atoms with Gasteiger partial charge in [-0.15, -0.1) is 0 Å². The van der Waals surface area contributed by atoms with Crippen molar-refractivity contribution in [3.05, 3.63) is 36.0 Å². The second kappa shape index (κ2) is 6.56. The highest BCUT2D eigenvalue weighted by molar-refractivity contribution is 5.92. The third-order valence-electron chi connectivity index (χ3n) is 5.74. The molecule has 2 N–H and O–H groups in total. The highest BCUT2D eigenvalue weighted by Gasteiger charge is 2.65. The number of esters is 2. The molecule has 0 aromatic rings. The molecule has 6 atom stereocenters. The van der Waals surface area contributed by atoms with Crippen molar-refractivity contribution in [1.82, 2.24) is 0 Å². The zero-order valence-corrected chi connectivity index (χ0v) is 14.8. The third-order valence-corrected chi connectivity index (χ3v) is 5.74. The van der Waals surface area contributed by atoms with Gasteiger partial charge in [0.25, 0.3) is 0 Å². The SMILES string of the molecule is C=C(CO)C(=O)O[C@H]1C[C@]23O[C@@H]2CC/C(=C\[C@H]2OC(=O)C(=C)[C@H]12)CO[C@@H]3O. The lowest BCUT2D eigenvalue weighted by Gasteiger charge is -2.33. The molecule has 0 radical (unpaired) electrons. The number of hydrogen-bond donors (Lipinski definition) is 2. The molecule has 27 heavy (non-hydrogen) atoms. The molecule has 3 saturated heterocycles. The van der Waals surface area contributed by atoms with Crippen molar-refractivity contribution in [2.45, 2.75) is 49.5 Å². The number of epoxide rings is 1. The molecule has 4 aliphatic heterocycles. The zero-order chi connectivity index (χ0) is 19.3. The fourth-order valence-corrected chi connectivity index (χ4v) is 4.13. The van der Waals surface area contributed by atoms with E-state index in [0.29, 0.717) is 12.8 Å². The number of fused-ring (bicyclic) bond motifs is 4. The Balaban J connectivity index is 1.74. The summed E-state index contributed by atoms with van der Waals surface area (Å²) in [6.45, 7) is 6.95. The van der Waals surface area contributed by atoms with Crippen molar-refractivity contribution in [2.24, 2.45) is 5.92 Å². The molecule has 5 rings (SSSR count). The highest BCUT2D eigenvalue weighted by Crippen LogP contribution is 2.51. The molecule has 1 spiro atoms. The van der Waals surface area contributed by atoms with Gasteiger partial charge in [0, 0.05) is 12.0 Å². The summed E-state index contributed by atoms with van der Waals surface area (Å²) in [5, 5.41) is 19.7. The van der Waals surface area contributed by atoms with Crippen molar-refractivity contribution < 1.29 is 38.7 Å². The van der Waals surface area contributed by atoms with Crippen molar-refractivity contribution in [2.75, 3.05) is 13.2 Å².